The zero-order chi connectivity index (χ0) is 15.5. The van der Waals surface area contributed by atoms with Crippen molar-refractivity contribution in [3.63, 3.8) is 0 Å². The van der Waals surface area contributed by atoms with Gasteiger partial charge in [0.15, 0.2) is 5.43 Å². The minimum absolute atomic E-state index is 0.0320. The average molecular weight is 279 g/mol. The minimum Gasteiger partial charge on any atom is -0.364 e. The van der Waals surface area contributed by atoms with E-state index in [0.717, 1.165) is 17.9 Å². The number of aromatic nitrogens is 1. The maximum Gasteiger partial charge on any atom is 0.225 e. The van der Waals surface area contributed by atoms with Crippen molar-refractivity contribution >= 4 is 11.7 Å². The van der Waals surface area contributed by atoms with Crippen molar-refractivity contribution in [1.29, 1.82) is 0 Å². The minimum atomic E-state index is -0.412. The van der Waals surface area contributed by atoms with Crippen LogP contribution in [-0.4, -0.2) is 25.0 Å². The van der Waals surface area contributed by atoms with Crippen LogP contribution in [0.4, 0.5) is 5.82 Å². The molecule has 1 amide bonds. The van der Waals surface area contributed by atoms with Gasteiger partial charge in [-0.1, -0.05) is 20.8 Å². The van der Waals surface area contributed by atoms with E-state index < -0.39 is 5.41 Å². The number of nitrogens with one attached hydrogen (secondary N) is 2. The van der Waals surface area contributed by atoms with Crippen LogP contribution in [0.3, 0.4) is 0 Å². The summed E-state index contributed by atoms with van der Waals surface area (Å²) in [6, 6.07) is 1.56. The lowest BCUT2D eigenvalue weighted by molar-refractivity contribution is -0.129. The molecular formula is C15H25N3O2. The molecule has 0 aliphatic carbocycles. The molecular weight excluding hydrogens is 254 g/mol. The van der Waals surface area contributed by atoms with Crippen molar-refractivity contribution in [3.8, 4) is 0 Å². The van der Waals surface area contributed by atoms with Gasteiger partial charge in [0, 0.05) is 43.4 Å². The number of carbonyl (C=O) groups is 1. The normalized spacial score (nSPS) is 11.3. The highest BCUT2D eigenvalue weighted by Crippen LogP contribution is 2.19. The molecule has 0 radical (unpaired) electrons. The third kappa shape index (κ3) is 3.62. The summed E-state index contributed by atoms with van der Waals surface area (Å²) in [5.74, 6) is 0.729. The molecule has 2 N–H and O–H groups in total. The second-order valence-corrected chi connectivity index (χ2v) is 5.94. The third-order valence-corrected chi connectivity index (χ3v) is 3.74. The summed E-state index contributed by atoms with van der Waals surface area (Å²) in [4.78, 5) is 29.1. The van der Waals surface area contributed by atoms with Gasteiger partial charge in [-0.05, 0) is 13.3 Å². The number of pyridine rings is 1. The largest absolute Gasteiger partial charge is 0.364 e. The van der Waals surface area contributed by atoms with Gasteiger partial charge < -0.3 is 15.2 Å². The maximum absolute atomic E-state index is 12.1. The molecule has 0 atom stereocenters. The van der Waals surface area contributed by atoms with Crippen LogP contribution in [0, 0.1) is 12.3 Å². The second kappa shape index (κ2) is 6.11. The van der Waals surface area contributed by atoms with Gasteiger partial charge in [-0.2, -0.15) is 0 Å². The Balaban J connectivity index is 2.90. The van der Waals surface area contributed by atoms with Crippen molar-refractivity contribution in [3.05, 3.63) is 27.5 Å². The van der Waals surface area contributed by atoms with Crippen molar-refractivity contribution in [2.75, 3.05) is 19.0 Å². The van der Waals surface area contributed by atoms with E-state index in [-0.39, 0.29) is 17.9 Å². The van der Waals surface area contributed by atoms with Crippen LogP contribution in [0.15, 0.2) is 10.9 Å². The standard InChI is InChI=1S/C15H25N3O2/c1-7-15(3,4)14(20)16-9-11-10(2)17-13(18(5)6)8-12(11)19/h8H,7,9H2,1-6H3,(H,16,20)(H,17,19). The zero-order valence-electron chi connectivity index (χ0n) is 13.3. The Labute approximate surface area is 120 Å². The molecule has 0 bridgehead atoms. The number of rotatable bonds is 5. The van der Waals surface area contributed by atoms with Crippen molar-refractivity contribution < 1.29 is 4.79 Å². The molecule has 0 aliphatic rings. The van der Waals surface area contributed by atoms with E-state index in [1.165, 1.54) is 0 Å². The molecule has 0 aliphatic heterocycles. The summed E-state index contributed by atoms with van der Waals surface area (Å²) in [6.07, 6.45) is 0.758. The van der Waals surface area contributed by atoms with E-state index in [1.807, 2.05) is 46.7 Å². The van der Waals surface area contributed by atoms with E-state index >= 15 is 0 Å². The fourth-order valence-corrected chi connectivity index (χ4v) is 1.73. The summed E-state index contributed by atoms with van der Waals surface area (Å²) in [5.41, 5.74) is 0.927. The van der Waals surface area contributed by atoms with E-state index in [9.17, 15) is 9.59 Å². The summed E-state index contributed by atoms with van der Waals surface area (Å²) in [6.45, 7) is 7.88. The third-order valence-electron chi connectivity index (χ3n) is 3.74. The summed E-state index contributed by atoms with van der Waals surface area (Å²) < 4.78 is 0. The highest BCUT2D eigenvalue weighted by Gasteiger charge is 2.25. The number of anilines is 1. The van der Waals surface area contributed by atoms with Crippen LogP contribution >= 0.6 is 0 Å². The predicted octanol–water partition coefficient (Wildman–Crippen LogP) is 1.80. The number of carbonyl (C=O) groups excluding carboxylic acids is 1. The number of hydrogen-bond acceptors (Lipinski definition) is 3. The number of aryl methyl sites for hydroxylation is 1. The van der Waals surface area contributed by atoms with Gasteiger partial charge >= 0.3 is 0 Å². The second-order valence-electron chi connectivity index (χ2n) is 5.94. The highest BCUT2D eigenvalue weighted by molar-refractivity contribution is 5.81. The zero-order valence-corrected chi connectivity index (χ0v) is 13.3. The number of hydrogen-bond donors (Lipinski definition) is 2. The van der Waals surface area contributed by atoms with E-state index in [2.05, 4.69) is 10.3 Å². The van der Waals surface area contributed by atoms with Gasteiger partial charge in [-0.25, -0.2) is 0 Å². The van der Waals surface area contributed by atoms with Crippen molar-refractivity contribution in [1.82, 2.24) is 10.3 Å². The van der Waals surface area contributed by atoms with Gasteiger partial charge in [0.05, 0.1) is 0 Å². The van der Waals surface area contributed by atoms with Gasteiger partial charge in [0.1, 0.15) is 5.82 Å². The monoisotopic (exact) mass is 279 g/mol. The number of nitrogens with zero attached hydrogens (tertiary/aromatic N) is 1. The molecule has 20 heavy (non-hydrogen) atoms. The highest BCUT2D eigenvalue weighted by atomic mass is 16.2. The smallest absolute Gasteiger partial charge is 0.225 e. The Kier molecular flexibility index (Phi) is 4.98. The number of H-pyrrole nitrogens is 1. The summed E-state index contributed by atoms with van der Waals surface area (Å²) in [7, 11) is 3.74. The molecule has 0 aromatic carbocycles. The fourth-order valence-electron chi connectivity index (χ4n) is 1.73. The molecule has 112 valence electrons. The van der Waals surface area contributed by atoms with Crippen molar-refractivity contribution in [2.45, 2.75) is 40.7 Å². The molecule has 1 aromatic rings. The lowest BCUT2D eigenvalue weighted by Crippen LogP contribution is -2.37. The quantitative estimate of drug-likeness (QED) is 0.864. The Hall–Kier alpha value is -1.78. The topological polar surface area (TPSA) is 65.2 Å². The molecule has 1 rings (SSSR count). The summed E-state index contributed by atoms with van der Waals surface area (Å²) in [5, 5.41) is 2.85. The maximum atomic E-state index is 12.1. The Morgan fingerprint density at radius 2 is 2.00 bits per heavy atom. The van der Waals surface area contributed by atoms with Gasteiger partial charge in [0.25, 0.3) is 0 Å². The first kappa shape index (κ1) is 16.3. The lowest BCUT2D eigenvalue weighted by atomic mass is 9.89. The fraction of sp³-hybridized carbons (Fsp3) is 0.600. The van der Waals surface area contributed by atoms with Gasteiger partial charge in [-0.3, -0.25) is 9.59 Å². The van der Waals surface area contributed by atoms with Crippen LogP contribution in [0.5, 0.6) is 0 Å². The predicted molar refractivity (Wildman–Crippen MR) is 82.0 cm³/mol. The lowest BCUT2D eigenvalue weighted by Gasteiger charge is -2.22. The Morgan fingerprint density at radius 3 is 2.45 bits per heavy atom. The molecule has 0 saturated carbocycles. The van der Waals surface area contributed by atoms with Crippen LogP contribution in [0.1, 0.15) is 38.4 Å². The Morgan fingerprint density at radius 1 is 1.40 bits per heavy atom. The molecule has 0 unspecified atom stereocenters. The molecule has 0 fully saturated rings. The molecule has 0 saturated heterocycles. The van der Waals surface area contributed by atoms with Crippen LogP contribution in [-0.2, 0) is 11.3 Å². The molecule has 5 nitrogen and oxygen atoms in total. The Bertz CT molecular complexity index is 545. The number of amides is 1. The molecule has 5 heteroatoms. The SMILES string of the molecule is CCC(C)(C)C(=O)NCc1c(C)[nH]c(N(C)C)cc1=O. The van der Waals surface area contributed by atoms with Crippen LogP contribution in [0.25, 0.3) is 0 Å². The van der Waals surface area contributed by atoms with Crippen molar-refractivity contribution in [2.24, 2.45) is 5.41 Å². The number of aromatic amines is 1. The first-order chi connectivity index (χ1) is 9.19. The van der Waals surface area contributed by atoms with E-state index in [0.29, 0.717) is 5.56 Å². The first-order valence-electron chi connectivity index (χ1n) is 6.87. The molecule has 1 aromatic heterocycles. The van der Waals surface area contributed by atoms with Gasteiger partial charge in [-0.15, -0.1) is 0 Å². The average Bonchev–Trinajstić information content (AvgIpc) is 2.36. The van der Waals surface area contributed by atoms with Crippen LogP contribution < -0.4 is 15.6 Å². The van der Waals surface area contributed by atoms with Crippen LogP contribution in [0.2, 0.25) is 0 Å². The van der Waals surface area contributed by atoms with Gasteiger partial charge in [0.2, 0.25) is 5.91 Å². The summed E-state index contributed by atoms with van der Waals surface area (Å²) >= 11 is 0. The van der Waals surface area contributed by atoms with E-state index in [1.54, 1.807) is 6.07 Å². The molecule has 1 heterocycles. The van der Waals surface area contributed by atoms with E-state index in [4.69, 9.17) is 0 Å². The first-order valence-corrected chi connectivity index (χ1v) is 6.87. The molecule has 0 spiro atoms.